The smallest absolute Gasteiger partial charge is 0.0741 e. The Morgan fingerprint density at radius 3 is 2.50 bits per heavy atom. The summed E-state index contributed by atoms with van der Waals surface area (Å²) in [5.41, 5.74) is 5.82. The zero-order valence-corrected chi connectivity index (χ0v) is 12.7. The van der Waals surface area contributed by atoms with Gasteiger partial charge in [-0.15, -0.1) is 0 Å². The van der Waals surface area contributed by atoms with Gasteiger partial charge in [0.25, 0.3) is 0 Å². The van der Waals surface area contributed by atoms with Gasteiger partial charge in [0.15, 0.2) is 0 Å². The molecule has 0 aromatic heterocycles. The van der Waals surface area contributed by atoms with Crippen LogP contribution in [0.4, 0.5) is 0 Å². The van der Waals surface area contributed by atoms with Crippen molar-refractivity contribution >= 4 is 0 Å². The van der Waals surface area contributed by atoms with Crippen molar-refractivity contribution in [1.82, 2.24) is 4.90 Å². The Bertz CT molecular complexity index is 291. The fourth-order valence-corrected chi connectivity index (χ4v) is 4.25. The third-order valence-corrected chi connectivity index (χ3v) is 5.61. The molecule has 0 bridgehead atoms. The van der Waals surface area contributed by atoms with Crippen LogP contribution in [-0.4, -0.2) is 56.0 Å². The molecule has 20 heavy (non-hydrogen) atoms. The van der Waals surface area contributed by atoms with Gasteiger partial charge in [0.1, 0.15) is 0 Å². The zero-order valence-electron chi connectivity index (χ0n) is 12.7. The van der Waals surface area contributed by atoms with Crippen molar-refractivity contribution in [3.05, 3.63) is 0 Å². The summed E-state index contributed by atoms with van der Waals surface area (Å²) in [5, 5.41) is 0. The summed E-state index contributed by atoms with van der Waals surface area (Å²) in [5.74, 6) is 0.869. The monoisotopic (exact) mass is 282 g/mol. The Labute approximate surface area is 123 Å². The minimum absolute atomic E-state index is 0.134. The lowest BCUT2D eigenvalue weighted by molar-refractivity contribution is -0.152. The van der Waals surface area contributed by atoms with Crippen LogP contribution in [0.15, 0.2) is 0 Å². The molecular weight excluding hydrogens is 252 g/mol. The standard InChI is InChI=1S/C16H30N2O2/c17-7-1-14-2-8-18(9-3-14)15-4-10-20-16(13-15)5-11-19-12-6-16/h14-15H,1-13,17H2. The van der Waals surface area contributed by atoms with Crippen LogP contribution >= 0.6 is 0 Å². The van der Waals surface area contributed by atoms with Gasteiger partial charge >= 0.3 is 0 Å². The summed E-state index contributed by atoms with van der Waals surface area (Å²) in [7, 11) is 0. The van der Waals surface area contributed by atoms with E-state index in [1.54, 1.807) is 0 Å². The molecule has 0 aromatic rings. The highest BCUT2D eigenvalue weighted by Crippen LogP contribution is 2.37. The normalized spacial score (nSPS) is 32.5. The Balaban J connectivity index is 1.52. The molecule has 0 radical (unpaired) electrons. The predicted octanol–water partition coefficient (Wildman–Crippen LogP) is 1.78. The van der Waals surface area contributed by atoms with E-state index in [2.05, 4.69) is 4.90 Å². The summed E-state index contributed by atoms with van der Waals surface area (Å²) in [6.07, 6.45) is 8.50. The second kappa shape index (κ2) is 6.73. The maximum absolute atomic E-state index is 6.16. The molecule has 0 saturated carbocycles. The predicted molar refractivity (Wildman–Crippen MR) is 79.7 cm³/mol. The molecule has 3 aliphatic heterocycles. The molecule has 3 rings (SSSR count). The first-order chi connectivity index (χ1) is 9.81. The largest absolute Gasteiger partial charge is 0.381 e. The number of hydrogen-bond donors (Lipinski definition) is 1. The fourth-order valence-electron chi connectivity index (χ4n) is 4.25. The van der Waals surface area contributed by atoms with Gasteiger partial charge in [-0.25, -0.2) is 0 Å². The SMILES string of the molecule is NCCC1CCN(C2CCOC3(CCOCC3)C2)CC1. The molecule has 4 nitrogen and oxygen atoms in total. The van der Waals surface area contributed by atoms with Crippen LogP contribution in [-0.2, 0) is 9.47 Å². The Hall–Kier alpha value is -0.160. The van der Waals surface area contributed by atoms with Gasteiger partial charge in [0.2, 0.25) is 0 Å². The number of likely N-dealkylation sites (tertiary alicyclic amines) is 1. The highest BCUT2D eigenvalue weighted by molar-refractivity contribution is 4.93. The zero-order chi connectivity index (χ0) is 13.8. The lowest BCUT2D eigenvalue weighted by Crippen LogP contribution is -2.52. The third-order valence-electron chi connectivity index (χ3n) is 5.61. The second-order valence-corrected chi connectivity index (χ2v) is 6.85. The molecule has 1 atom stereocenters. The quantitative estimate of drug-likeness (QED) is 0.857. The van der Waals surface area contributed by atoms with Gasteiger partial charge in [-0.1, -0.05) is 0 Å². The van der Waals surface area contributed by atoms with Crippen molar-refractivity contribution in [1.29, 1.82) is 0 Å². The molecular formula is C16H30N2O2. The van der Waals surface area contributed by atoms with Crippen molar-refractivity contribution in [3.63, 3.8) is 0 Å². The summed E-state index contributed by atoms with van der Waals surface area (Å²) in [6.45, 7) is 6.08. The first kappa shape index (κ1) is 14.8. The molecule has 3 saturated heterocycles. The lowest BCUT2D eigenvalue weighted by Gasteiger charge is -2.47. The van der Waals surface area contributed by atoms with Crippen molar-refractivity contribution in [2.45, 2.75) is 56.6 Å². The molecule has 116 valence electrons. The molecule has 0 amide bonds. The van der Waals surface area contributed by atoms with Crippen LogP contribution in [0.1, 0.15) is 44.9 Å². The Morgan fingerprint density at radius 1 is 1.05 bits per heavy atom. The Kier molecular flexibility index (Phi) is 4.97. The topological polar surface area (TPSA) is 47.7 Å². The van der Waals surface area contributed by atoms with Crippen LogP contribution < -0.4 is 5.73 Å². The number of piperidine rings is 1. The number of nitrogens with zero attached hydrogens (tertiary/aromatic N) is 1. The molecule has 2 N–H and O–H groups in total. The molecule has 1 spiro atoms. The number of ether oxygens (including phenoxy) is 2. The van der Waals surface area contributed by atoms with Crippen LogP contribution in [0.3, 0.4) is 0 Å². The first-order valence-electron chi connectivity index (χ1n) is 8.47. The van der Waals surface area contributed by atoms with Gasteiger partial charge in [-0.05, 0) is 70.5 Å². The Morgan fingerprint density at radius 2 is 1.80 bits per heavy atom. The highest BCUT2D eigenvalue weighted by Gasteiger charge is 2.41. The van der Waals surface area contributed by atoms with E-state index in [0.29, 0.717) is 0 Å². The molecule has 0 aliphatic carbocycles. The van der Waals surface area contributed by atoms with Gasteiger partial charge in [0, 0.05) is 25.9 Å². The highest BCUT2D eigenvalue weighted by atomic mass is 16.5. The summed E-state index contributed by atoms with van der Waals surface area (Å²) in [4.78, 5) is 2.73. The summed E-state index contributed by atoms with van der Waals surface area (Å²) < 4.78 is 11.7. The van der Waals surface area contributed by atoms with Gasteiger partial charge in [-0.2, -0.15) is 0 Å². The van der Waals surface area contributed by atoms with E-state index >= 15 is 0 Å². The third kappa shape index (κ3) is 3.35. The average molecular weight is 282 g/mol. The first-order valence-corrected chi connectivity index (χ1v) is 8.47. The van der Waals surface area contributed by atoms with Crippen molar-refractivity contribution in [3.8, 4) is 0 Å². The van der Waals surface area contributed by atoms with Crippen LogP contribution in [0.5, 0.6) is 0 Å². The molecule has 1 unspecified atom stereocenters. The van der Waals surface area contributed by atoms with Gasteiger partial charge < -0.3 is 20.1 Å². The summed E-state index contributed by atoms with van der Waals surface area (Å²) >= 11 is 0. The van der Waals surface area contributed by atoms with Crippen molar-refractivity contribution in [2.75, 3.05) is 39.5 Å². The van der Waals surface area contributed by atoms with Crippen molar-refractivity contribution in [2.24, 2.45) is 11.7 Å². The minimum atomic E-state index is 0.134. The summed E-state index contributed by atoms with van der Waals surface area (Å²) in [6, 6.07) is 0.737. The lowest BCUT2D eigenvalue weighted by atomic mass is 9.82. The van der Waals surface area contributed by atoms with Gasteiger partial charge in [0.05, 0.1) is 5.60 Å². The molecule has 3 aliphatic rings. The molecule has 3 fully saturated rings. The van der Waals surface area contributed by atoms with Crippen LogP contribution in [0.2, 0.25) is 0 Å². The van der Waals surface area contributed by atoms with Crippen LogP contribution in [0.25, 0.3) is 0 Å². The minimum Gasteiger partial charge on any atom is -0.381 e. The van der Waals surface area contributed by atoms with E-state index in [1.165, 1.54) is 45.2 Å². The van der Waals surface area contributed by atoms with E-state index in [9.17, 15) is 0 Å². The van der Waals surface area contributed by atoms with Crippen LogP contribution in [0, 0.1) is 5.92 Å². The molecule has 4 heteroatoms. The molecule has 0 aromatic carbocycles. The average Bonchev–Trinajstić information content (AvgIpc) is 2.49. The fraction of sp³-hybridized carbons (Fsp3) is 1.00. The molecule has 3 heterocycles. The van der Waals surface area contributed by atoms with E-state index in [1.807, 2.05) is 0 Å². The van der Waals surface area contributed by atoms with E-state index < -0.39 is 0 Å². The van der Waals surface area contributed by atoms with E-state index in [0.717, 1.165) is 51.2 Å². The number of rotatable bonds is 3. The maximum Gasteiger partial charge on any atom is 0.0741 e. The number of hydrogen-bond acceptors (Lipinski definition) is 4. The van der Waals surface area contributed by atoms with E-state index in [-0.39, 0.29) is 5.60 Å². The van der Waals surface area contributed by atoms with Gasteiger partial charge in [-0.3, -0.25) is 0 Å². The van der Waals surface area contributed by atoms with Crippen molar-refractivity contribution < 1.29 is 9.47 Å². The maximum atomic E-state index is 6.16. The van der Waals surface area contributed by atoms with E-state index in [4.69, 9.17) is 15.2 Å². The second-order valence-electron chi connectivity index (χ2n) is 6.85. The number of nitrogens with two attached hydrogens (primary N) is 1.